The van der Waals surface area contributed by atoms with Crippen molar-refractivity contribution in [3.63, 3.8) is 0 Å². The van der Waals surface area contributed by atoms with Gasteiger partial charge < -0.3 is 45.9 Å². The number of alkyl carbamates (subject to hydrolysis) is 2. The third-order valence-electron chi connectivity index (χ3n) is 7.92. The van der Waals surface area contributed by atoms with Crippen molar-refractivity contribution < 1.29 is 43.0 Å². The number of nitrogens with one attached hydrogen (secondary N) is 5. The van der Waals surface area contributed by atoms with Gasteiger partial charge in [-0.05, 0) is 73.2 Å². The molecular weight excluding hydrogens is 686 g/mol. The van der Waals surface area contributed by atoms with Gasteiger partial charge in [-0.2, -0.15) is 0 Å². The zero-order valence-corrected chi connectivity index (χ0v) is 31.7. The number of anilines is 3. The van der Waals surface area contributed by atoms with Gasteiger partial charge in [0, 0.05) is 35.7 Å². The minimum atomic E-state index is -0.866. The first-order valence-corrected chi connectivity index (χ1v) is 17.5. The van der Waals surface area contributed by atoms with Gasteiger partial charge >= 0.3 is 12.2 Å². The van der Waals surface area contributed by atoms with Crippen molar-refractivity contribution in [1.82, 2.24) is 20.4 Å². The van der Waals surface area contributed by atoms with Crippen LogP contribution in [-0.2, 0) is 28.7 Å². The predicted octanol–water partition coefficient (Wildman–Crippen LogP) is 4.05. The average Bonchev–Trinajstić information content (AvgIpc) is 3.12. The Morgan fingerprint density at radius 2 is 0.906 bits per heavy atom. The van der Waals surface area contributed by atoms with Gasteiger partial charge in [-0.25, -0.2) is 9.59 Å². The van der Waals surface area contributed by atoms with Gasteiger partial charge in [-0.1, -0.05) is 41.5 Å². The summed E-state index contributed by atoms with van der Waals surface area (Å²) in [6.45, 7) is 11.0. The molecule has 0 heterocycles. The second-order valence-corrected chi connectivity index (χ2v) is 12.9. The Labute approximate surface area is 310 Å². The maximum absolute atomic E-state index is 13.2. The molecule has 0 aliphatic heterocycles. The number of carbonyl (C=O) groups is 7. The van der Waals surface area contributed by atoms with Crippen LogP contribution in [0.4, 0.5) is 26.7 Å². The van der Waals surface area contributed by atoms with Crippen molar-refractivity contribution in [3.8, 4) is 0 Å². The van der Waals surface area contributed by atoms with Crippen LogP contribution in [0.3, 0.4) is 0 Å². The molecule has 290 valence electrons. The standard InChI is InChI=1S/C37H53N7O9/c1-9-19-43(34(48)31(23(3)4)41-36(50)52-7)21-29(45)38-26-13-11-25(12-14-26)33(47)40-28-17-15-27(16-18-28)39-30(46)22-44(20-10-2)35(49)32(24(5)6)42-37(51)53-8/h11-18,23-24,31-32H,9-10,19-22H2,1-8H3,(H,38,45)(H,39,46)(H,40,47)(H,41,50)(H,42,51)/t31-,32-/m0/s1. The highest BCUT2D eigenvalue weighted by atomic mass is 16.5. The Kier molecular flexibility index (Phi) is 17.8. The van der Waals surface area contributed by atoms with E-state index in [0.29, 0.717) is 48.6 Å². The number of rotatable bonds is 18. The van der Waals surface area contributed by atoms with Crippen molar-refractivity contribution in [1.29, 1.82) is 0 Å². The van der Waals surface area contributed by atoms with Gasteiger partial charge in [0.2, 0.25) is 23.6 Å². The molecule has 7 amide bonds. The second kappa shape index (κ2) is 21.6. The minimum Gasteiger partial charge on any atom is -0.453 e. The van der Waals surface area contributed by atoms with Crippen LogP contribution in [0.1, 0.15) is 64.7 Å². The van der Waals surface area contributed by atoms with Crippen molar-refractivity contribution in [2.75, 3.05) is 56.3 Å². The van der Waals surface area contributed by atoms with Crippen LogP contribution in [0, 0.1) is 11.8 Å². The number of nitrogens with zero attached hydrogens (tertiary/aromatic N) is 2. The summed E-state index contributed by atoms with van der Waals surface area (Å²) in [7, 11) is 2.42. The first kappa shape index (κ1) is 43.5. The summed E-state index contributed by atoms with van der Waals surface area (Å²) in [5.74, 6) is -2.57. The zero-order chi connectivity index (χ0) is 39.7. The van der Waals surface area contributed by atoms with Crippen LogP contribution in [0.2, 0.25) is 0 Å². The normalized spacial score (nSPS) is 11.8. The molecular formula is C37H53N7O9. The molecule has 5 N–H and O–H groups in total. The van der Waals surface area contributed by atoms with E-state index in [1.165, 1.54) is 36.2 Å². The third-order valence-corrected chi connectivity index (χ3v) is 7.92. The average molecular weight is 740 g/mol. The Morgan fingerprint density at radius 1 is 0.566 bits per heavy atom. The molecule has 0 aliphatic carbocycles. The Balaban J connectivity index is 1.98. The Bertz CT molecular complexity index is 1560. The molecule has 2 rings (SSSR count). The highest BCUT2D eigenvalue weighted by Crippen LogP contribution is 2.17. The van der Waals surface area contributed by atoms with E-state index >= 15 is 0 Å². The highest BCUT2D eigenvalue weighted by Gasteiger charge is 2.31. The van der Waals surface area contributed by atoms with Crippen LogP contribution in [0.15, 0.2) is 48.5 Å². The molecule has 2 aromatic carbocycles. The lowest BCUT2D eigenvalue weighted by molar-refractivity contribution is -0.137. The molecule has 53 heavy (non-hydrogen) atoms. The van der Waals surface area contributed by atoms with Gasteiger partial charge in [0.15, 0.2) is 0 Å². The molecule has 0 aromatic heterocycles. The molecule has 0 bridgehead atoms. The van der Waals surface area contributed by atoms with Crippen molar-refractivity contribution in [2.45, 2.75) is 66.5 Å². The number of amides is 7. The van der Waals surface area contributed by atoms with Gasteiger partial charge in [0.05, 0.1) is 27.3 Å². The molecule has 0 unspecified atom stereocenters. The van der Waals surface area contributed by atoms with E-state index in [2.05, 4.69) is 36.1 Å². The summed E-state index contributed by atoms with van der Waals surface area (Å²) in [6, 6.07) is 10.9. The maximum Gasteiger partial charge on any atom is 0.407 e. The lowest BCUT2D eigenvalue weighted by Gasteiger charge is -2.29. The van der Waals surface area contributed by atoms with Crippen LogP contribution in [0.25, 0.3) is 0 Å². The number of ether oxygens (including phenoxy) is 2. The summed E-state index contributed by atoms with van der Waals surface area (Å²) in [4.78, 5) is 91.4. The van der Waals surface area contributed by atoms with Crippen LogP contribution in [-0.4, -0.2) is 104 Å². The van der Waals surface area contributed by atoms with E-state index in [0.717, 1.165) is 0 Å². The number of carbonyl (C=O) groups excluding carboxylic acids is 7. The molecule has 2 atom stereocenters. The molecule has 16 heteroatoms. The second-order valence-electron chi connectivity index (χ2n) is 12.9. The molecule has 2 aromatic rings. The van der Waals surface area contributed by atoms with Gasteiger partial charge in [-0.3, -0.25) is 24.0 Å². The molecule has 0 saturated carbocycles. The zero-order valence-electron chi connectivity index (χ0n) is 31.7. The number of methoxy groups -OCH3 is 2. The first-order valence-electron chi connectivity index (χ1n) is 17.5. The summed E-state index contributed by atoms with van der Waals surface area (Å²) >= 11 is 0. The quantitative estimate of drug-likeness (QED) is 0.149. The number of benzene rings is 2. The van der Waals surface area contributed by atoms with Crippen LogP contribution >= 0.6 is 0 Å². The summed E-state index contributed by atoms with van der Waals surface area (Å²) < 4.78 is 9.28. The number of hydrogen-bond acceptors (Lipinski definition) is 9. The fourth-order valence-corrected chi connectivity index (χ4v) is 5.16. The lowest BCUT2D eigenvalue weighted by Crippen LogP contribution is -2.52. The summed E-state index contributed by atoms with van der Waals surface area (Å²) in [5.41, 5.74) is 1.65. The Morgan fingerprint density at radius 3 is 1.23 bits per heavy atom. The highest BCUT2D eigenvalue weighted by molar-refractivity contribution is 6.05. The first-order chi connectivity index (χ1) is 25.1. The molecule has 0 fully saturated rings. The lowest BCUT2D eigenvalue weighted by atomic mass is 10.0. The summed E-state index contributed by atoms with van der Waals surface area (Å²) in [5, 5.41) is 13.3. The summed E-state index contributed by atoms with van der Waals surface area (Å²) in [6.07, 6.45) is -0.273. The van der Waals surface area contributed by atoms with E-state index in [9.17, 15) is 33.6 Å². The van der Waals surface area contributed by atoms with Gasteiger partial charge in [-0.15, -0.1) is 0 Å². The monoisotopic (exact) mass is 739 g/mol. The van der Waals surface area contributed by atoms with Crippen molar-refractivity contribution in [3.05, 3.63) is 54.1 Å². The minimum absolute atomic E-state index is 0.226. The maximum atomic E-state index is 13.2. The van der Waals surface area contributed by atoms with E-state index in [1.807, 2.05) is 13.8 Å². The molecule has 0 spiro atoms. The van der Waals surface area contributed by atoms with Crippen molar-refractivity contribution in [2.24, 2.45) is 11.8 Å². The topological polar surface area (TPSA) is 205 Å². The van der Waals surface area contributed by atoms with Gasteiger partial charge in [0.1, 0.15) is 12.1 Å². The predicted molar refractivity (Wildman–Crippen MR) is 200 cm³/mol. The van der Waals surface area contributed by atoms with Crippen LogP contribution in [0.5, 0.6) is 0 Å². The SMILES string of the molecule is CCCN(CC(=O)Nc1ccc(NC(=O)c2ccc(NC(=O)CN(CCC)C(=O)[C@@H](NC(=O)OC)C(C)C)cc2)cc1)C(=O)[C@@H](NC(=O)OC)C(C)C. The molecule has 16 nitrogen and oxygen atoms in total. The molecule has 0 radical (unpaired) electrons. The van der Waals surface area contributed by atoms with E-state index in [4.69, 9.17) is 0 Å². The largest absolute Gasteiger partial charge is 0.453 e. The number of hydrogen-bond donors (Lipinski definition) is 5. The third kappa shape index (κ3) is 14.1. The smallest absolute Gasteiger partial charge is 0.407 e. The fourth-order valence-electron chi connectivity index (χ4n) is 5.16. The molecule has 0 aliphatic rings. The Hall–Kier alpha value is -5.67. The van der Waals surface area contributed by atoms with E-state index in [1.54, 1.807) is 64.1 Å². The fraction of sp³-hybridized carbons (Fsp3) is 0.486. The van der Waals surface area contributed by atoms with Gasteiger partial charge in [0.25, 0.3) is 5.91 Å². The van der Waals surface area contributed by atoms with Crippen molar-refractivity contribution >= 4 is 58.8 Å². The van der Waals surface area contributed by atoms with E-state index in [-0.39, 0.29) is 24.9 Å². The van der Waals surface area contributed by atoms with Crippen LogP contribution < -0.4 is 26.6 Å². The van der Waals surface area contributed by atoms with E-state index < -0.39 is 53.8 Å². The molecule has 0 saturated heterocycles.